The number of phenolic OH excluding ortho intramolecular Hbond substituents is 1. The van der Waals surface area contributed by atoms with E-state index in [-0.39, 0.29) is 16.4 Å². The molecule has 5 heteroatoms. The second-order valence-corrected chi connectivity index (χ2v) is 7.06. The molecule has 1 aromatic carbocycles. The quantitative estimate of drug-likeness (QED) is 0.752. The number of nitrogens with one attached hydrogen (secondary N) is 1. The number of thioether (sulfide) groups is 1. The van der Waals surface area contributed by atoms with E-state index < -0.39 is 6.04 Å². The summed E-state index contributed by atoms with van der Waals surface area (Å²) >= 11 is 1.86. The van der Waals surface area contributed by atoms with Crippen molar-refractivity contribution in [3.05, 3.63) is 29.8 Å². The van der Waals surface area contributed by atoms with Crippen LogP contribution in [0.3, 0.4) is 0 Å². The number of carbonyl (C=O) groups is 1. The minimum atomic E-state index is -0.546. The summed E-state index contributed by atoms with van der Waals surface area (Å²) in [4.78, 5) is 12.1. The molecule has 0 saturated heterocycles. The minimum Gasteiger partial charge on any atom is -0.508 e. The van der Waals surface area contributed by atoms with E-state index in [2.05, 4.69) is 11.6 Å². The monoisotopic (exact) mass is 308 g/mol. The lowest BCUT2D eigenvalue weighted by atomic mass is 10.0. The first kappa shape index (κ1) is 16.2. The molecule has 116 valence electrons. The molecule has 1 unspecified atom stereocenters. The van der Waals surface area contributed by atoms with Crippen molar-refractivity contribution in [2.24, 2.45) is 5.73 Å². The van der Waals surface area contributed by atoms with Crippen LogP contribution in [0.1, 0.15) is 31.2 Å². The second-order valence-electron chi connectivity index (χ2n) is 5.79. The molecule has 1 aliphatic rings. The molecule has 4 nitrogen and oxygen atoms in total. The highest BCUT2D eigenvalue weighted by molar-refractivity contribution is 8.00. The molecule has 1 saturated carbocycles. The van der Waals surface area contributed by atoms with Gasteiger partial charge in [0.1, 0.15) is 5.75 Å². The van der Waals surface area contributed by atoms with Gasteiger partial charge in [0.15, 0.2) is 0 Å². The standard InChI is InChI=1S/C16H24N2O2S/c1-21-16(8-2-3-9-16)11-18-15(20)14(17)10-12-4-6-13(19)7-5-12/h4-7,14,19H,2-3,8-11,17H2,1H3,(H,18,20). The van der Waals surface area contributed by atoms with E-state index in [1.807, 2.05) is 11.8 Å². The van der Waals surface area contributed by atoms with E-state index in [0.29, 0.717) is 13.0 Å². The number of rotatable bonds is 6. The van der Waals surface area contributed by atoms with E-state index >= 15 is 0 Å². The molecule has 0 aromatic heterocycles. The molecule has 2 rings (SSSR count). The minimum absolute atomic E-state index is 0.0941. The zero-order valence-corrected chi connectivity index (χ0v) is 13.3. The number of hydrogen-bond acceptors (Lipinski definition) is 4. The number of phenols is 1. The van der Waals surface area contributed by atoms with Gasteiger partial charge in [-0.05, 0) is 43.2 Å². The topological polar surface area (TPSA) is 75.4 Å². The van der Waals surface area contributed by atoms with Gasteiger partial charge in [0.05, 0.1) is 6.04 Å². The van der Waals surface area contributed by atoms with Gasteiger partial charge < -0.3 is 16.2 Å². The third kappa shape index (κ3) is 4.38. The van der Waals surface area contributed by atoms with Crippen molar-refractivity contribution in [2.75, 3.05) is 12.8 Å². The average molecular weight is 308 g/mol. The Balaban J connectivity index is 1.83. The molecule has 1 aliphatic carbocycles. The molecule has 21 heavy (non-hydrogen) atoms. The van der Waals surface area contributed by atoms with E-state index in [0.717, 1.165) is 5.56 Å². The number of aromatic hydroxyl groups is 1. The highest BCUT2D eigenvalue weighted by Gasteiger charge is 2.33. The van der Waals surface area contributed by atoms with Crippen LogP contribution in [0.2, 0.25) is 0 Å². The zero-order valence-electron chi connectivity index (χ0n) is 12.5. The maximum atomic E-state index is 12.1. The Labute approximate surface area is 130 Å². The number of hydrogen-bond donors (Lipinski definition) is 3. The van der Waals surface area contributed by atoms with Crippen LogP contribution in [0.25, 0.3) is 0 Å². The van der Waals surface area contributed by atoms with Gasteiger partial charge in [-0.3, -0.25) is 4.79 Å². The van der Waals surface area contributed by atoms with E-state index in [1.165, 1.54) is 25.7 Å². The van der Waals surface area contributed by atoms with Crippen molar-refractivity contribution in [1.29, 1.82) is 0 Å². The van der Waals surface area contributed by atoms with Crippen molar-refractivity contribution in [3.8, 4) is 5.75 Å². The normalized spacial score (nSPS) is 18.4. The summed E-state index contributed by atoms with van der Waals surface area (Å²) in [6, 6.07) is 6.27. The highest BCUT2D eigenvalue weighted by atomic mass is 32.2. The number of amides is 1. The summed E-state index contributed by atoms with van der Waals surface area (Å²) in [5, 5.41) is 12.3. The van der Waals surface area contributed by atoms with E-state index in [9.17, 15) is 9.90 Å². The molecule has 0 spiro atoms. The van der Waals surface area contributed by atoms with Gasteiger partial charge in [0, 0.05) is 11.3 Å². The van der Waals surface area contributed by atoms with Crippen LogP contribution in [0.15, 0.2) is 24.3 Å². The summed E-state index contributed by atoms with van der Waals surface area (Å²) in [6.45, 7) is 0.705. The van der Waals surface area contributed by atoms with E-state index in [4.69, 9.17) is 5.73 Å². The summed E-state index contributed by atoms with van der Waals surface area (Å²) in [5.74, 6) is 0.128. The fourth-order valence-electron chi connectivity index (χ4n) is 2.83. The second kappa shape index (κ2) is 7.18. The van der Waals surface area contributed by atoms with Gasteiger partial charge in [-0.1, -0.05) is 25.0 Å². The third-order valence-electron chi connectivity index (χ3n) is 4.26. The Morgan fingerprint density at radius 3 is 2.57 bits per heavy atom. The van der Waals surface area contributed by atoms with Gasteiger partial charge in [-0.15, -0.1) is 0 Å². The lowest BCUT2D eigenvalue weighted by molar-refractivity contribution is -0.122. The number of carbonyl (C=O) groups excluding carboxylic acids is 1. The van der Waals surface area contributed by atoms with Gasteiger partial charge in [-0.25, -0.2) is 0 Å². The number of benzene rings is 1. The maximum Gasteiger partial charge on any atom is 0.237 e. The molecule has 0 heterocycles. The van der Waals surface area contributed by atoms with Crippen molar-refractivity contribution in [2.45, 2.75) is 42.9 Å². The molecule has 0 radical (unpaired) electrons. The fourth-order valence-corrected chi connectivity index (χ4v) is 3.74. The Bertz CT molecular complexity index is 470. The van der Waals surface area contributed by atoms with Crippen LogP contribution in [0, 0.1) is 0 Å². The van der Waals surface area contributed by atoms with Gasteiger partial charge >= 0.3 is 0 Å². The molecule has 1 aromatic rings. The Hall–Kier alpha value is -1.20. The van der Waals surface area contributed by atoms with Crippen molar-refractivity contribution in [1.82, 2.24) is 5.32 Å². The summed E-state index contributed by atoms with van der Waals surface area (Å²) in [5.41, 5.74) is 6.93. The maximum absolute atomic E-state index is 12.1. The molecule has 0 aliphatic heterocycles. The van der Waals surface area contributed by atoms with Gasteiger partial charge in [-0.2, -0.15) is 11.8 Å². The summed E-state index contributed by atoms with van der Waals surface area (Å²) in [7, 11) is 0. The van der Waals surface area contributed by atoms with Crippen LogP contribution in [0.5, 0.6) is 5.75 Å². The Kier molecular flexibility index (Phi) is 5.53. The Morgan fingerprint density at radius 2 is 2.00 bits per heavy atom. The smallest absolute Gasteiger partial charge is 0.237 e. The molecule has 0 bridgehead atoms. The fraction of sp³-hybridized carbons (Fsp3) is 0.562. The van der Waals surface area contributed by atoms with Crippen LogP contribution in [-0.2, 0) is 11.2 Å². The first-order chi connectivity index (χ1) is 10.0. The van der Waals surface area contributed by atoms with Crippen molar-refractivity contribution in [3.63, 3.8) is 0 Å². The predicted molar refractivity (Wildman–Crippen MR) is 87.5 cm³/mol. The van der Waals surface area contributed by atoms with Crippen LogP contribution < -0.4 is 11.1 Å². The largest absolute Gasteiger partial charge is 0.508 e. The van der Waals surface area contributed by atoms with Crippen LogP contribution in [-0.4, -0.2) is 34.6 Å². The molecular formula is C16H24N2O2S. The lowest BCUT2D eigenvalue weighted by Gasteiger charge is -2.27. The molecular weight excluding hydrogens is 284 g/mol. The molecule has 1 amide bonds. The summed E-state index contributed by atoms with van der Waals surface area (Å²) in [6.07, 6.45) is 7.43. The van der Waals surface area contributed by atoms with E-state index in [1.54, 1.807) is 24.3 Å². The highest BCUT2D eigenvalue weighted by Crippen LogP contribution is 2.39. The van der Waals surface area contributed by atoms with Crippen LogP contribution in [0.4, 0.5) is 0 Å². The Morgan fingerprint density at radius 1 is 1.38 bits per heavy atom. The molecule has 4 N–H and O–H groups in total. The SMILES string of the molecule is CSC1(CNC(=O)C(N)Cc2ccc(O)cc2)CCCC1. The van der Waals surface area contributed by atoms with Crippen molar-refractivity contribution >= 4 is 17.7 Å². The zero-order chi connectivity index (χ0) is 15.3. The predicted octanol–water partition coefficient (Wildman–Crippen LogP) is 2.05. The summed E-state index contributed by atoms with van der Waals surface area (Å²) < 4.78 is 0.202. The molecule has 1 fully saturated rings. The number of nitrogens with two attached hydrogens (primary N) is 1. The average Bonchev–Trinajstić information content (AvgIpc) is 2.96. The first-order valence-corrected chi connectivity index (χ1v) is 8.63. The van der Waals surface area contributed by atoms with Crippen LogP contribution >= 0.6 is 11.8 Å². The molecule has 1 atom stereocenters. The van der Waals surface area contributed by atoms with Gasteiger partial charge in [0.25, 0.3) is 0 Å². The first-order valence-electron chi connectivity index (χ1n) is 7.41. The van der Waals surface area contributed by atoms with Crippen molar-refractivity contribution < 1.29 is 9.90 Å². The van der Waals surface area contributed by atoms with Gasteiger partial charge in [0.2, 0.25) is 5.91 Å². The lowest BCUT2D eigenvalue weighted by Crippen LogP contribution is -2.46. The third-order valence-corrected chi connectivity index (χ3v) is 5.68.